The Hall–Kier alpha value is -0.910. The zero-order valence-corrected chi connectivity index (χ0v) is 12.7. The second-order valence-electron chi connectivity index (χ2n) is 4.95. The summed E-state index contributed by atoms with van der Waals surface area (Å²) >= 11 is 0. The smallest absolute Gasteiger partial charge is 0.306 e. The molecule has 1 rings (SSSR count). The van der Waals surface area contributed by atoms with Gasteiger partial charge in [0.25, 0.3) is 0 Å². The Bertz CT molecular complexity index is 353. The highest BCUT2D eigenvalue weighted by Crippen LogP contribution is 2.15. The first-order valence-corrected chi connectivity index (χ1v) is 8.00. The molecule has 110 valence electrons. The Morgan fingerprint density at radius 1 is 1.21 bits per heavy atom. The minimum absolute atomic E-state index is 0.0604. The van der Waals surface area contributed by atoms with Crippen LogP contribution in [0.2, 0.25) is 0 Å². The van der Waals surface area contributed by atoms with E-state index in [4.69, 9.17) is 0 Å². The van der Waals surface area contributed by atoms with Crippen molar-refractivity contribution < 1.29 is 18.5 Å². The lowest BCUT2D eigenvalue weighted by Crippen LogP contribution is -2.44. The van der Waals surface area contributed by atoms with Crippen molar-refractivity contribution in [2.75, 3.05) is 20.2 Å². The van der Waals surface area contributed by atoms with Crippen molar-refractivity contribution in [2.45, 2.75) is 50.0 Å². The van der Waals surface area contributed by atoms with E-state index in [9.17, 15) is 13.8 Å². The van der Waals surface area contributed by atoms with Crippen LogP contribution < -0.4 is 0 Å². The molecule has 1 amide bonds. The molecule has 1 aliphatic rings. The topological polar surface area (TPSA) is 63.7 Å². The molecule has 3 atom stereocenters. The van der Waals surface area contributed by atoms with Gasteiger partial charge in [-0.25, -0.2) is 0 Å². The molecule has 0 bridgehead atoms. The van der Waals surface area contributed by atoms with E-state index in [1.54, 1.807) is 18.7 Å². The number of esters is 1. The lowest BCUT2D eigenvalue weighted by atomic mass is 10.1. The van der Waals surface area contributed by atoms with E-state index in [0.717, 1.165) is 32.4 Å². The summed E-state index contributed by atoms with van der Waals surface area (Å²) in [6, 6.07) is 0. The molecule has 0 spiro atoms. The van der Waals surface area contributed by atoms with Crippen LogP contribution in [0.4, 0.5) is 0 Å². The number of nitrogens with zero attached hydrogens (tertiary/aromatic N) is 1. The first-order valence-electron chi connectivity index (χ1n) is 6.72. The van der Waals surface area contributed by atoms with Crippen LogP contribution in [0.1, 0.15) is 39.5 Å². The average Bonchev–Trinajstić information content (AvgIpc) is 2.45. The van der Waals surface area contributed by atoms with Gasteiger partial charge in [0.15, 0.2) is 0 Å². The summed E-state index contributed by atoms with van der Waals surface area (Å²) in [5.74, 6) is -0.451. The van der Waals surface area contributed by atoms with Crippen LogP contribution in [0, 0.1) is 0 Å². The van der Waals surface area contributed by atoms with Crippen molar-refractivity contribution in [3.63, 3.8) is 0 Å². The summed E-state index contributed by atoms with van der Waals surface area (Å²) in [4.78, 5) is 25.2. The molecule has 0 aromatic heterocycles. The lowest BCUT2D eigenvalue weighted by Gasteiger charge is -2.29. The molecule has 0 saturated carbocycles. The molecule has 5 nitrogen and oxygen atoms in total. The Morgan fingerprint density at radius 3 is 2.32 bits per heavy atom. The zero-order valence-electron chi connectivity index (χ0n) is 11.9. The number of methoxy groups -OCH3 is 1. The first kappa shape index (κ1) is 16.1. The average molecular weight is 289 g/mol. The number of likely N-dealkylation sites (tertiary alicyclic amines) is 1. The molecule has 0 radical (unpaired) electrons. The van der Waals surface area contributed by atoms with Crippen LogP contribution in [0.3, 0.4) is 0 Å². The number of carbonyl (C=O) groups excluding carboxylic acids is 2. The second-order valence-corrected chi connectivity index (χ2v) is 7.12. The van der Waals surface area contributed by atoms with Crippen molar-refractivity contribution in [2.24, 2.45) is 0 Å². The lowest BCUT2D eigenvalue weighted by molar-refractivity contribution is -0.140. The highest BCUT2D eigenvalue weighted by Gasteiger charge is 2.30. The highest BCUT2D eigenvalue weighted by molar-refractivity contribution is 7.87. The van der Waals surface area contributed by atoms with E-state index >= 15 is 0 Å². The van der Waals surface area contributed by atoms with E-state index in [-0.39, 0.29) is 17.6 Å². The number of ether oxygens (including phenoxy) is 1. The van der Waals surface area contributed by atoms with E-state index in [1.165, 1.54) is 7.11 Å². The third-order valence-electron chi connectivity index (χ3n) is 3.44. The molecule has 0 aromatic carbocycles. The normalized spacial score (nSPS) is 20.5. The minimum Gasteiger partial charge on any atom is -0.469 e. The Kier molecular flexibility index (Phi) is 6.48. The first-order chi connectivity index (χ1) is 8.97. The quantitative estimate of drug-likeness (QED) is 0.711. The third-order valence-corrected chi connectivity index (χ3v) is 5.30. The van der Waals surface area contributed by atoms with Crippen LogP contribution >= 0.6 is 0 Å². The van der Waals surface area contributed by atoms with Gasteiger partial charge in [0.1, 0.15) is 5.25 Å². The van der Waals surface area contributed by atoms with Crippen molar-refractivity contribution in [3.05, 3.63) is 0 Å². The molecule has 0 aliphatic carbocycles. The second kappa shape index (κ2) is 7.62. The molecule has 6 heteroatoms. The van der Waals surface area contributed by atoms with Crippen molar-refractivity contribution in [3.8, 4) is 0 Å². The van der Waals surface area contributed by atoms with Gasteiger partial charge in [-0.15, -0.1) is 0 Å². The Labute approximate surface area is 117 Å². The number of carbonyl (C=O) groups is 2. The number of hydrogen-bond acceptors (Lipinski definition) is 4. The summed E-state index contributed by atoms with van der Waals surface area (Å²) in [5.41, 5.74) is 0. The molecule has 1 saturated heterocycles. The van der Waals surface area contributed by atoms with Gasteiger partial charge in [-0.05, 0) is 26.2 Å². The van der Waals surface area contributed by atoms with Gasteiger partial charge in [-0.2, -0.15) is 0 Å². The van der Waals surface area contributed by atoms with Gasteiger partial charge >= 0.3 is 5.97 Å². The van der Waals surface area contributed by atoms with Crippen LogP contribution in [-0.2, 0) is 25.1 Å². The van der Waals surface area contributed by atoms with Crippen molar-refractivity contribution >= 4 is 22.7 Å². The number of hydrogen-bond donors (Lipinski definition) is 0. The number of amides is 1. The molecule has 19 heavy (non-hydrogen) atoms. The maximum atomic E-state index is 12.2. The van der Waals surface area contributed by atoms with Gasteiger partial charge in [-0.3, -0.25) is 13.8 Å². The molecule has 3 unspecified atom stereocenters. The fourth-order valence-electron chi connectivity index (χ4n) is 2.22. The van der Waals surface area contributed by atoms with E-state index in [1.807, 2.05) is 0 Å². The summed E-state index contributed by atoms with van der Waals surface area (Å²) in [5, 5.41) is -0.922. The standard InChI is InChI=1S/C13H23NO4S/c1-10(9-12(15)18-3)19(17)11(2)13(16)14-7-5-4-6-8-14/h10-11H,4-9H2,1-3H3. The van der Waals surface area contributed by atoms with Gasteiger partial charge in [0.2, 0.25) is 5.91 Å². The maximum Gasteiger partial charge on any atom is 0.306 e. The van der Waals surface area contributed by atoms with E-state index in [2.05, 4.69) is 4.74 Å². The number of piperidine rings is 1. The van der Waals surface area contributed by atoms with Gasteiger partial charge < -0.3 is 9.64 Å². The van der Waals surface area contributed by atoms with Crippen LogP contribution in [0.5, 0.6) is 0 Å². The van der Waals surface area contributed by atoms with Crippen LogP contribution in [0.15, 0.2) is 0 Å². The molecule has 0 aromatic rings. The van der Waals surface area contributed by atoms with E-state index in [0.29, 0.717) is 0 Å². The van der Waals surface area contributed by atoms with Gasteiger partial charge in [0.05, 0.1) is 13.5 Å². The highest BCUT2D eigenvalue weighted by atomic mass is 32.2. The molecule has 1 heterocycles. The largest absolute Gasteiger partial charge is 0.469 e. The zero-order chi connectivity index (χ0) is 14.4. The minimum atomic E-state index is -1.36. The third kappa shape index (κ3) is 4.60. The van der Waals surface area contributed by atoms with Crippen molar-refractivity contribution in [1.29, 1.82) is 0 Å². The molecule has 1 aliphatic heterocycles. The molecule has 0 N–H and O–H groups in total. The van der Waals surface area contributed by atoms with Crippen LogP contribution in [-0.4, -0.2) is 51.7 Å². The summed E-state index contributed by atoms with van der Waals surface area (Å²) in [7, 11) is -0.0497. The molecular formula is C13H23NO4S. The van der Waals surface area contributed by atoms with Crippen molar-refractivity contribution in [1.82, 2.24) is 4.90 Å². The maximum absolute atomic E-state index is 12.2. The van der Waals surface area contributed by atoms with Gasteiger partial charge in [0, 0.05) is 29.1 Å². The summed E-state index contributed by atoms with van der Waals surface area (Å²) < 4.78 is 16.8. The Balaban J connectivity index is 2.54. The summed E-state index contributed by atoms with van der Waals surface area (Å²) in [6.45, 7) is 4.91. The Morgan fingerprint density at radius 2 is 1.79 bits per heavy atom. The fourth-order valence-corrected chi connectivity index (χ4v) is 3.56. The van der Waals surface area contributed by atoms with Crippen LogP contribution in [0.25, 0.3) is 0 Å². The number of rotatable bonds is 5. The monoisotopic (exact) mass is 289 g/mol. The molecule has 1 fully saturated rings. The SMILES string of the molecule is COC(=O)CC(C)S(=O)C(C)C(=O)N1CCCCC1. The predicted molar refractivity (Wildman–Crippen MR) is 74.1 cm³/mol. The van der Waals surface area contributed by atoms with E-state index < -0.39 is 22.0 Å². The molecular weight excluding hydrogens is 266 g/mol. The summed E-state index contributed by atoms with van der Waals surface area (Å²) in [6.07, 6.45) is 3.27. The fraction of sp³-hybridized carbons (Fsp3) is 0.846. The van der Waals surface area contributed by atoms with Gasteiger partial charge in [-0.1, -0.05) is 6.92 Å². The predicted octanol–water partition coefficient (Wildman–Crippen LogP) is 1.09.